The van der Waals surface area contributed by atoms with E-state index in [1.54, 1.807) is 35.5 Å². The molecule has 0 aromatic carbocycles. The van der Waals surface area contributed by atoms with E-state index in [0.29, 0.717) is 10.9 Å². The van der Waals surface area contributed by atoms with E-state index < -0.39 is 0 Å². The van der Waals surface area contributed by atoms with E-state index in [2.05, 4.69) is 20.3 Å². The van der Waals surface area contributed by atoms with Gasteiger partial charge in [0, 0.05) is 34.5 Å². The molecule has 0 saturated carbocycles. The molecule has 5 nitrogen and oxygen atoms in total. The summed E-state index contributed by atoms with van der Waals surface area (Å²) < 4.78 is 0. The summed E-state index contributed by atoms with van der Waals surface area (Å²) >= 11 is 4.59. The number of pyridine rings is 1. The van der Waals surface area contributed by atoms with Gasteiger partial charge in [-0.25, -0.2) is 9.97 Å². The molecule has 118 valence electrons. The van der Waals surface area contributed by atoms with Crippen molar-refractivity contribution in [2.45, 2.75) is 12.7 Å². The first kappa shape index (κ1) is 16.1. The number of anilines is 1. The molecule has 0 unspecified atom stereocenters. The molecule has 0 saturated heterocycles. The summed E-state index contributed by atoms with van der Waals surface area (Å²) in [6, 6.07) is 3.81. The van der Waals surface area contributed by atoms with Crippen molar-refractivity contribution < 1.29 is 4.79 Å². The molecule has 0 aliphatic carbocycles. The maximum atomic E-state index is 12.0. The molecule has 0 spiro atoms. The Morgan fingerprint density at radius 2 is 2.22 bits per heavy atom. The molecule has 8 heteroatoms. The number of thiazole rings is 2. The monoisotopic (exact) mass is 362 g/mol. The summed E-state index contributed by atoms with van der Waals surface area (Å²) in [5.74, 6) is 1.09. The Morgan fingerprint density at radius 1 is 1.30 bits per heavy atom. The minimum absolute atomic E-state index is 0.0472. The van der Waals surface area contributed by atoms with Gasteiger partial charge in [-0.15, -0.1) is 34.4 Å². The summed E-state index contributed by atoms with van der Waals surface area (Å²) in [5, 5.41) is 8.44. The van der Waals surface area contributed by atoms with Crippen LogP contribution in [0.1, 0.15) is 10.7 Å². The van der Waals surface area contributed by atoms with Crippen molar-refractivity contribution in [1.82, 2.24) is 15.0 Å². The smallest absolute Gasteiger partial charge is 0.236 e. The van der Waals surface area contributed by atoms with Crippen LogP contribution in [0, 0.1) is 6.92 Å². The summed E-state index contributed by atoms with van der Waals surface area (Å²) in [7, 11) is 0. The number of carbonyl (C=O) groups excluding carboxylic acids is 1. The highest BCUT2D eigenvalue weighted by atomic mass is 32.2. The number of nitrogens with zero attached hydrogens (tertiary/aromatic N) is 3. The number of nitrogens with one attached hydrogen (secondary N) is 1. The molecule has 0 fully saturated rings. The summed E-state index contributed by atoms with van der Waals surface area (Å²) in [4.78, 5) is 24.8. The van der Waals surface area contributed by atoms with Crippen molar-refractivity contribution in [3.63, 3.8) is 0 Å². The number of rotatable bonds is 6. The molecule has 3 rings (SSSR count). The Bertz CT molecular complexity index is 785. The predicted octanol–water partition coefficient (Wildman–Crippen LogP) is 3.84. The van der Waals surface area contributed by atoms with Crippen molar-refractivity contribution in [1.29, 1.82) is 0 Å². The van der Waals surface area contributed by atoms with Crippen LogP contribution in [0.2, 0.25) is 0 Å². The van der Waals surface area contributed by atoms with Crippen LogP contribution in [0.15, 0.2) is 35.3 Å². The molecule has 3 heterocycles. The van der Waals surface area contributed by atoms with Crippen molar-refractivity contribution in [3.8, 4) is 11.3 Å². The Labute approximate surface area is 146 Å². The maximum Gasteiger partial charge on any atom is 0.236 e. The molecule has 3 aromatic rings. The molecule has 0 aliphatic heterocycles. The number of aryl methyl sites for hydroxylation is 1. The highest BCUT2D eigenvalue weighted by molar-refractivity contribution is 7.99. The Balaban J connectivity index is 1.49. The topological polar surface area (TPSA) is 67.8 Å². The van der Waals surface area contributed by atoms with Crippen molar-refractivity contribution >= 4 is 45.5 Å². The van der Waals surface area contributed by atoms with Gasteiger partial charge in [0.1, 0.15) is 0 Å². The fourth-order valence-electron chi connectivity index (χ4n) is 1.86. The van der Waals surface area contributed by atoms with Crippen molar-refractivity contribution in [2.75, 3.05) is 11.1 Å². The zero-order valence-corrected chi connectivity index (χ0v) is 14.8. The molecule has 23 heavy (non-hydrogen) atoms. The van der Waals surface area contributed by atoms with Gasteiger partial charge in [-0.3, -0.25) is 9.78 Å². The molecule has 1 amide bonds. The average molecular weight is 363 g/mol. The summed E-state index contributed by atoms with van der Waals surface area (Å²) in [5.41, 5.74) is 2.79. The second kappa shape index (κ2) is 7.67. The van der Waals surface area contributed by atoms with Crippen LogP contribution in [-0.4, -0.2) is 26.6 Å². The number of aromatic nitrogens is 3. The van der Waals surface area contributed by atoms with Gasteiger partial charge < -0.3 is 5.32 Å². The van der Waals surface area contributed by atoms with Crippen LogP contribution in [0.5, 0.6) is 0 Å². The van der Waals surface area contributed by atoms with Crippen LogP contribution in [0.3, 0.4) is 0 Å². The van der Waals surface area contributed by atoms with E-state index in [1.165, 1.54) is 11.3 Å². The van der Waals surface area contributed by atoms with Crippen LogP contribution in [-0.2, 0) is 10.5 Å². The fourth-order valence-corrected chi connectivity index (χ4v) is 4.03. The van der Waals surface area contributed by atoms with Gasteiger partial charge in [0.05, 0.1) is 22.1 Å². The molecule has 3 aromatic heterocycles. The zero-order chi connectivity index (χ0) is 16.1. The first-order chi connectivity index (χ1) is 11.2. The third-order valence-corrected chi connectivity index (χ3v) is 5.40. The number of hydrogen-bond acceptors (Lipinski definition) is 7. The summed E-state index contributed by atoms with van der Waals surface area (Å²) in [6.45, 7) is 1.98. The Hall–Kier alpha value is -1.77. The van der Waals surface area contributed by atoms with E-state index in [1.807, 2.05) is 29.8 Å². The van der Waals surface area contributed by atoms with Gasteiger partial charge in [0.25, 0.3) is 0 Å². The Kier molecular flexibility index (Phi) is 5.37. The SMILES string of the molecule is Cc1nc(CSCC(=O)Nc2nc(-c3cccnc3)cs2)cs1. The molecular formula is C15H14N4OS3. The first-order valence-electron chi connectivity index (χ1n) is 6.85. The number of hydrogen-bond donors (Lipinski definition) is 1. The van der Waals surface area contributed by atoms with E-state index in [-0.39, 0.29) is 5.91 Å². The molecule has 0 atom stereocenters. The lowest BCUT2D eigenvalue weighted by Gasteiger charge is -2.01. The van der Waals surface area contributed by atoms with E-state index in [4.69, 9.17) is 0 Å². The van der Waals surface area contributed by atoms with Crippen molar-refractivity contribution in [2.24, 2.45) is 0 Å². The molecule has 0 bridgehead atoms. The average Bonchev–Trinajstić information content (AvgIpc) is 3.17. The van der Waals surface area contributed by atoms with Crippen LogP contribution >= 0.6 is 34.4 Å². The van der Waals surface area contributed by atoms with Crippen LogP contribution < -0.4 is 5.32 Å². The number of amides is 1. The third-order valence-electron chi connectivity index (χ3n) is 2.86. The molecule has 0 aliphatic rings. The van der Waals surface area contributed by atoms with Gasteiger partial charge in [-0.05, 0) is 19.1 Å². The maximum absolute atomic E-state index is 12.0. The number of thioether (sulfide) groups is 1. The zero-order valence-electron chi connectivity index (χ0n) is 12.4. The van der Waals surface area contributed by atoms with Crippen LogP contribution in [0.4, 0.5) is 5.13 Å². The van der Waals surface area contributed by atoms with Gasteiger partial charge in [0.2, 0.25) is 5.91 Å². The largest absolute Gasteiger partial charge is 0.301 e. The van der Waals surface area contributed by atoms with E-state index in [0.717, 1.165) is 27.7 Å². The van der Waals surface area contributed by atoms with Gasteiger partial charge in [-0.1, -0.05) is 0 Å². The lowest BCUT2D eigenvalue weighted by molar-refractivity contribution is -0.113. The van der Waals surface area contributed by atoms with Crippen LogP contribution in [0.25, 0.3) is 11.3 Å². The second-order valence-corrected chi connectivity index (χ2v) is 7.58. The normalized spacial score (nSPS) is 10.7. The quantitative estimate of drug-likeness (QED) is 0.721. The van der Waals surface area contributed by atoms with E-state index >= 15 is 0 Å². The lowest BCUT2D eigenvalue weighted by Crippen LogP contribution is -2.14. The Morgan fingerprint density at radius 3 is 2.96 bits per heavy atom. The first-order valence-corrected chi connectivity index (χ1v) is 9.76. The summed E-state index contributed by atoms with van der Waals surface area (Å²) in [6.07, 6.45) is 3.48. The standard InChI is InChI=1S/C15H14N4OS3/c1-10-17-12(7-22-10)6-21-9-14(20)19-15-18-13(8-23-15)11-3-2-4-16-5-11/h2-5,7-8H,6,9H2,1H3,(H,18,19,20). The third kappa shape index (κ3) is 4.60. The minimum Gasteiger partial charge on any atom is -0.301 e. The predicted molar refractivity (Wildman–Crippen MR) is 97.0 cm³/mol. The minimum atomic E-state index is -0.0472. The highest BCUT2D eigenvalue weighted by Gasteiger charge is 2.09. The van der Waals surface area contributed by atoms with E-state index in [9.17, 15) is 4.79 Å². The molecular weight excluding hydrogens is 348 g/mol. The second-order valence-electron chi connectivity index (χ2n) is 4.68. The molecule has 0 radical (unpaired) electrons. The lowest BCUT2D eigenvalue weighted by atomic mass is 10.2. The molecule has 1 N–H and O–H groups in total. The van der Waals surface area contributed by atoms with Crippen molar-refractivity contribution in [3.05, 3.63) is 46.0 Å². The van der Waals surface area contributed by atoms with Gasteiger partial charge in [-0.2, -0.15) is 0 Å². The highest BCUT2D eigenvalue weighted by Crippen LogP contribution is 2.24. The number of carbonyl (C=O) groups is 1. The van der Waals surface area contributed by atoms with Gasteiger partial charge >= 0.3 is 0 Å². The fraction of sp³-hybridized carbons (Fsp3) is 0.200. The van der Waals surface area contributed by atoms with Gasteiger partial charge in [0.15, 0.2) is 5.13 Å².